The van der Waals surface area contributed by atoms with Crippen LogP contribution in [0.1, 0.15) is 58.5 Å². The average molecular weight is 431 g/mol. The Morgan fingerprint density at radius 1 is 0.931 bits per heavy atom. The summed E-state index contributed by atoms with van der Waals surface area (Å²) in [5, 5.41) is 2.02. The minimum Gasteiger partial charge on any atom is -0.308 e. The van der Waals surface area contributed by atoms with Crippen molar-refractivity contribution in [3.8, 4) is 0 Å². The lowest BCUT2D eigenvalue weighted by Gasteiger charge is -2.26. The number of hydrogen-bond acceptors (Lipinski definition) is 4. The molecule has 1 fully saturated rings. The minimum atomic E-state index is -3.45. The summed E-state index contributed by atoms with van der Waals surface area (Å²) in [5.41, 5.74) is 3.91. The van der Waals surface area contributed by atoms with Gasteiger partial charge in [-0.05, 0) is 74.3 Å². The number of piperidine rings is 1. The van der Waals surface area contributed by atoms with E-state index in [0.29, 0.717) is 31.0 Å². The van der Waals surface area contributed by atoms with Crippen LogP contribution >= 0.6 is 11.3 Å². The molecule has 7 heteroatoms. The van der Waals surface area contributed by atoms with Gasteiger partial charge in [-0.25, -0.2) is 8.42 Å². The molecular formula is C22H26N2O3S2. The van der Waals surface area contributed by atoms with E-state index in [4.69, 9.17) is 0 Å². The largest absolute Gasteiger partial charge is 0.308 e. The highest BCUT2D eigenvalue weighted by Crippen LogP contribution is 2.36. The number of carbonyl (C=O) groups excluding carboxylic acids is 1. The topological polar surface area (TPSA) is 57.7 Å². The van der Waals surface area contributed by atoms with Gasteiger partial charge in [0.25, 0.3) is 5.91 Å². The smallest absolute Gasteiger partial charge is 0.259 e. The van der Waals surface area contributed by atoms with Crippen molar-refractivity contribution in [2.24, 2.45) is 0 Å². The molecule has 5 rings (SSSR count). The van der Waals surface area contributed by atoms with E-state index >= 15 is 0 Å². The molecule has 0 bridgehead atoms. The van der Waals surface area contributed by atoms with Crippen LogP contribution in [0.15, 0.2) is 28.5 Å². The second kappa shape index (κ2) is 7.52. The summed E-state index contributed by atoms with van der Waals surface area (Å²) in [7, 11) is -3.45. The third kappa shape index (κ3) is 3.33. The normalized spacial score (nSPS) is 19.8. The van der Waals surface area contributed by atoms with Gasteiger partial charge in [0.05, 0.1) is 10.5 Å². The van der Waals surface area contributed by atoms with Crippen molar-refractivity contribution in [3.05, 3.63) is 45.1 Å². The molecule has 3 heterocycles. The number of nitrogens with zero attached hydrogens (tertiary/aromatic N) is 2. The van der Waals surface area contributed by atoms with Gasteiger partial charge in [0, 0.05) is 35.6 Å². The fourth-order valence-electron chi connectivity index (χ4n) is 4.82. The molecule has 0 spiro atoms. The van der Waals surface area contributed by atoms with Gasteiger partial charge in [-0.3, -0.25) is 4.79 Å². The summed E-state index contributed by atoms with van der Waals surface area (Å²) < 4.78 is 27.6. The number of fused-ring (bicyclic) bond motifs is 2. The molecule has 0 saturated carbocycles. The Labute approximate surface area is 176 Å². The summed E-state index contributed by atoms with van der Waals surface area (Å²) >= 11 is 1.71. The summed E-state index contributed by atoms with van der Waals surface area (Å²) in [6, 6.07) is 5.29. The maximum atomic E-state index is 13.3. The standard InChI is InChI=1S/C22H26N2O3S2/c25-22(19-15-28-21-7-3-2-6-18(19)21)24-13-10-16-14-17(8-9-20(16)24)29(26,27)23-11-4-1-5-12-23/h8-9,14-15H,1-7,10-13H2. The van der Waals surface area contributed by atoms with Crippen molar-refractivity contribution >= 4 is 33.0 Å². The summed E-state index contributed by atoms with van der Waals surface area (Å²) in [5.74, 6) is 0.0646. The molecule has 29 heavy (non-hydrogen) atoms. The van der Waals surface area contributed by atoms with Crippen LogP contribution in [0.4, 0.5) is 5.69 Å². The zero-order valence-electron chi connectivity index (χ0n) is 16.5. The van der Waals surface area contributed by atoms with Crippen LogP contribution in [0, 0.1) is 0 Å². The van der Waals surface area contributed by atoms with Crippen LogP contribution in [0.25, 0.3) is 0 Å². The molecule has 1 aromatic heterocycles. The number of aryl methyl sites for hydroxylation is 1. The van der Waals surface area contributed by atoms with Crippen molar-refractivity contribution in [1.82, 2.24) is 4.31 Å². The van der Waals surface area contributed by atoms with Gasteiger partial charge in [0.1, 0.15) is 0 Å². The maximum absolute atomic E-state index is 13.3. The summed E-state index contributed by atoms with van der Waals surface area (Å²) in [6.45, 7) is 1.83. The van der Waals surface area contributed by atoms with Crippen LogP contribution in [0.5, 0.6) is 0 Å². The minimum absolute atomic E-state index is 0.0646. The third-order valence-electron chi connectivity index (χ3n) is 6.44. The quantitative estimate of drug-likeness (QED) is 0.739. The van der Waals surface area contributed by atoms with E-state index in [9.17, 15) is 13.2 Å². The first-order valence-electron chi connectivity index (χ1n) is 10.6. The Kier molecular flexibility index (Phi) is 5.00. The third-order valence-corrected chi connectivity index (χ3v) is 9.42. The van der Waals surface area contributed by atoms with Crippen LogP contribution in [-0.4, -0.2) is 38.3 Å². The highest BCUT2D eigenvalue weighted by Gasteiger charge is 2.32. The fourth-order valence-corrected chi connectivity index (χ4v) is 7.51. The zero-order chi connectivity index (χ0) is 20.0. The van der Waals surface area contributed by atoms with Gasteiger partial charge in [-0.1, -0.05) is 6.42 Å². The number of hydrogen-bond donors (Lipinski definition) is 0. The summed E-state index contributed by atoms with van der Waals surface area (Å²) in [4.78, 5) is 16.8. The molecular weight excluding hydrogens is 404 g/mol. The molecule has 1 amide bonds. The maximum Gasteiger partial charge on any atom is 0.259 e. The van der Waals surface area contributed by atoms with Crippen LogP contribution in [0.3, 0.4) is 0 Å². The van der Waals surface area contributed by atoms with Gasteiger partial charge in [-0.2, -0.15) is 4.31 Å². The molecule has 1 aliphatic carbocycles. The number of thiophene rings is 1. The first-order valence-corrected chi connectivity index (χ1v) is 12.9. The number of carbonyl (C=O) groups is 1. The lowest BCUT2D eigenvalue weighted by molar-refractivity contribution is 0.0988. The van der Waals surface area contributed by atoms with E-state index in [-0.39, 0.29) is 5.91 Å². The lowest BCUT2D eigenvalue weighted by atomic mass is 9.95. The van der Waals surface area contributed by atoms with Crippen molar-refractivity contribution in [2.75, 3.05) is 24.5 Å². The predicted molar refractivity (Wildman–Crippen MR) is 115 cm³/mol. The van der Waals surface area contributed by atoms with E-state index < -0.39 is 10.0 Å². The van der Waals surface area contributed by atoms with Gasteiger partial charge < -0.3 is 4.90 Å². The molecule has 2 aliphatic heterocycles. The molecule has 0 radical (unpaired) electrons. The van der Waals surface area contributed by atoms with E-state index in [1.165, 1.54) is 16.9 Å². The molecule has 0 N–H and O–H groups in total. The van der Waals surface area contributed by atoms with Gasteiger partial charge in [-0.15, -0.1) is 11.3 Å². The molecule has 5 nitrogen and oxygen atoms in total. The van der Waals surface area contributed by atoms with E-state index in [1.807, 2.05) is 16.3 Å². The second-order valence-corrected chi connectivity index (χ2v) is 11.1. The molecule has 1 aromatic carbocycles. The highest BCUT2D eigenvalue weighted by atomic mass is 32.2. The molecule has 0 unspecified atom stereocenters. The Hall–Kier alpha value is -1.70. The number of sulfonamides is 1. The first-order chi connectivity index (χ1) is 14.1. The molecule has 154 valence electrons. The monoisotopic (exact) mass is 430 g/mol. The predicted octanol–water partition coefficient (Wildman–Crippen LogP) is 4.00. The fraction of sp³-hybridized carbons (Fsp3) is 0.500. The summed E-state index contributed by atoms with van der Waals surface area (Å²) in [6.07, 6.45) is 8.10. The second-order valence-electron chi connectivity index (χ2n) is 8.22. The first kappa shape index (κ1) is 19.3. The van der Waals surface area contributed by atoms with Gasteiger partial charge >= 0.3 is 0 Å². The zero-order valence-corrected chi connectivity index (χ0v) is 18.2. The van der Waals surface area contributed by atoms with Crippen molar-refractivity contribution < 1.29 is 13.2 Å². The van der Waals surface area contributed by atoms with Gasteiger partial charge in [0.15, 0.2) is 0 Å². The molecule has 1 saturated heterocycles. The Bertz CT molecular complexity index is 1050. The number of anilines is 1. The number of amides is 1. The van der Waals surface area contributed by atoms with Gasteiger partial charge in [0.2, 0.25) is 10.0 Å². The molecule has 3 aliphatic rings. The lowest BCUT2D eigenvalue weighted by Crippen LogP contribution is -2.35. The van der Waals surface area contributed by atoms with Crippen molar-refractivity contribution in [3.63, 3.8) is 0 Å². The molecule has 0 atom stereocenters. The van der Waals surface area contributed by atoms with E-state index in [0.717, 1.165) is 55.3 Å². The van der Waals surface area contributed by atoms with E-state index in [2.05, 4.69) is 0 Å². The Morgan fingerprint density at radius 3 is 2.55 bits per heavy atom. The van der Waals surface area contributed by atoms with Crippen molar-refractivity contribution in [1.29, 1.82) is 0 Å². The van der Waals surface area contributed by atoms with Crippen LogP contribution < -0.4 is 4.90 Å². The number of benzene rings is 1. The highest BCUT2D eigenvalue weighted by molar-refractivity contribution is 7.89. The Morgan fingerprint density at radius 2 is 1.72 bits per heavy atom. The average Bonchev–Trinajstić information content (AvgIpc) is 3.38. The van der Waals surface area contributed by atoms with E-state index in [1.54, 1.807) is 27.8 Å². The van der Waals surface area contributed by atoms with Crippen LogP contribution in [-0.2, 0) is 29.3 Å². The van der Waals surface area contributed by atoms with Crippen molar-refractivity contribution in [2.45, 2.75) is 56.3 Å². The van der Waals surface area contributed by atoms with Crippen LogP contribution in [0.2, 0.25) is 0 Å². The Balaban J connectivity index is 1.42. The number of rotatable bonds is 3. The molecule has 2 aromatic rings. The SMILES string of the molecule is O=C(c1csc2c1CCCC2)N1CCc2cc(S(=O)(=O)N3CCCCC3)ccc21.